The van der Waals surface area contributed by atoms with Gasteiger partial charge < -0.3 is 5.73 Å². The average Bonchev–Trinajstić information content (AvgIpc) is 2.85. The minimum atomic E-state index is -0.0470. The first-order valence-corrected chi connectivity index (χ1v) is 4.66. The summed E-state index contributed by atoms with van der Waals surface area (Å²) in [6.45, 7) is 3.68. The first-order valence-electron chi connectivity index (χ1n) is 4.66. The predicted octanol–water partition coefficient (Wildman–Crippen LogP) is 2.90. The number of nitrogens with two attached hydrogens (primary N) is 1. The summed E-state index contributed by atoms with van der Waals surface area (Å²) in [4.78, 5) is 0. The highest BCUT2D eigenvalue weighted by molar-refractivity contribution is 5.55. The van der Waals surface area contributed by atoms with Crippen LogP contribution in [0.25, 0.3) is 0 Å². The number of aryl methyl sites for hydroxylation is 1. The van der Waals surface area contributed by atoms with Crippen molar-refractivity contribution in [1.29, 1.82) is 0 Å². The van der Waals surface area contributed by atoms with E-state index in [2.05, 4.69) is 0 Å². The predicted molar refractivity (Wildman–Crippen MR) is 52.3 cm³/mol. The minimum Gasteiger partial charge on any atom is -0.398 e. The normalized spacial score (nSPS) is 16.2. The van der Waals surface area contributed by atoms with Gasteiger partial charge in [-0.3, -0.25) is 0 Å². The van der Waals surface area contributed by atoms with Crippen LogP contribution in [0.4, 0.5) is 10.1 Å². The Morgan fingerprint density at radius 1 is 1.38 bits per heavy atom. The van der Waals surface area contributed by atoms with Crippen molar-refractivity contribution in [3.63, 3.8) is 0 Å². The molecule has 1 fully saturated rings. The lowest BCUT2D eigenvalue weighted by atomic mass is 9.99. The molecule has 0 radical (unpaired) electrons. The summed E-state index contributed by atoms with van der Waals surface area (Å²) >= 11 is 0. The zero-order valence-electron chi connectivity index (χ0n) is 8.02. The molecule has 1 saturated carbocycles. The van der Waals surface area contributed by atoms with Crippen molar-refractivity contribution in [2.24, 2.45) is 0 Å². The summed E-state index contributed by atoms with van der Waals surface area (Å²) in [6, 6.07) is 1.72. The van der Waals surface area contributed by atoms with Crippen molar-refractivity contribution in [3.05, 3.63) is 28.6 Å². The van der Waals surface area contributed by atoms with Gasteiger partial charge in [0.25, 0.3) is 0 Å². The number of benzene rings is 1. The fourth-order valence-corrected chi connectivity index (χ4v) is 1.79. The number of nitrogen functional groups attached to an aromatic ring is 1. The molecule has 1 aliphatic rings. The molecule has 1 aromatic rings. The van der Waals surface area contributed by atoms with Gasteiger partial charge in [0, 0.05) is 5.69 Å². The van der Waals surface area contributed by atoms with E-state index in [0.717, 1.165) is 29.7 Å². The molecule has 1 aromatic carbocycles. The van der Waals surface area contributed by atoms with Crippen molar-refractivity contribution in [2.75, 3.05) is 5.73 Å². The van der Waals surface area contributed by atoms with E-state index >= 15 is 0 Å². The van der Waals surface area contributed by atoms with Crippen molar-refractivity contribution in [3.8, 4) is 0 Å². The second-order valence-corrected chi connectivity index (χ2v) is 3.91. The van der Waals surface area contributed by atoms with E-state index in [-0.39, 0.29) is 5.82 Å². The zero-order chi connectivity index (χ0) is 9.59. The number of rotatable bonds is 1. The quantitative estimate of drug-likeness (QED) is 0.659. The van der Waals surface area contributed by atoms with Gasteiger partial charge >= 0.3 is 0 Å². The molecule has 0 unspecified atom stereocenters. The Balaban J connectivity index is 2.62. The molecule has 2 heteroatoms. The van der Waals surface area contributed by atoms with E-state index in [0.29, 0.717) is 11.5 Å². The SMILES string of the molecule is Cc1cc(N)c(C)c(C2CC2)c1F. The van der Waals surface area contributed by atoms with Crippen molar-refractivity contribution in [2.45, 2.75) is 32.6 Å². The van der Waals surface area contributed by atoms with Crippen LogP contribution >= 0.6 is 0 Å². The first-order chi connectivity index (χ1) is 6.11. The Labute approximate surface area is 77.8 Å². The maximum atomic E-state index is 13.7. The summed E-state index contributed by atoms with van der Waals surface area (Å²) in [5.74, 6) is 0.386. The molecule has 0 aliphatic heterocycles. The molecular weight excluding hydrogens is 165 g/mol. The van der Waals surface area contributed by atoms with Gasteiger partial charge in [0.1, 0.15) is 5.82 Å². The molecule has 0 heterocycles. The Morgan fingerprint density at radius 2 is 2.00 bits per heavy atom. The fourth-order valence-electron chi connectivity index (χ4n) is 1.79. The largest absolute Gasteiger partial charge is 0.398 e. The van der Waals surface area contributed by atoms with Crippen molar-refractivity contribution < 1.29 is 4.39 Å². The second kappa shape index (κ2) is 2.72. The Kier molecular flexibility index (Phi) is 1.79. The molecule has 0 spiro atoms. The molecule has 0 saturated heterocycles. The standard InChI is InChI=1S/C11H14FN/c1-6-5-9(13)7(2)10(11(6)12)8-3-4-8/h5,8H,3-4,13H2,1-2H3. The van der Waals surface area contributed by atoms with E-state index in [4.69, 9.17) is 5.73 Å². The van der Waals surface area contributed by atoms with Crippen LogP contribution in [0.5, 0.6) is 0 Å². The molecule has 0 bridgehead atoms. The Hall–Kier alpha value is -1.05. The average molecular weight is 179 g/mol. The van der Waals surface area contributed by atoms with Crippen LogP contribution in [0.1, 0.15) is 35.4 Å². The van der Waals surface area contributed by atoms with Crippen LogP contribution in [-0.2, 0) is 0 Å². The van der Waals surface area contributed by atoms with Crippen LogP contribution in [-0.4, -0.2) is 0 Å². The smallest absolute Gasteiger partial charge is 0.129 e. The Bertz CT molecular complexity index is 327. The van der Waals surface area contributed by atoms with Crippen LogP contribution in [0.2, 0.25) is 0 Å². The third-order valence-electron chi connectivity index (χ3n) is 2.78. The molecule has 13 heavy (non-hydrogen) atoms. The first kappa shape index (κ1) is 8.54. The van der Waals surface area contributed by atoms with Gasteiger partial charge in [-0.15, -0.1) is 0 Å². The van der Waals surface area contributed by atoms with E-state index in [1.54, 1.807) is 13.0 Å². The summed E-state index contributed by atoms with van der Waals surface area (Å²) in [5, 5.41) is 0. The number of hydrogen-bond acceptors (Lipinski definition) is 1. The van der Waals surface area contributed by atoms with Gasteiger partial charge in [-0.1, -0.05) is 0 Å². The molecule has 0 atom stereocenters. The van der Waals surface area contributed by atoms with Gasteiger partial charge in [0.05, 0.1) is 0 Å². The highest BCUT2D eigenvalue weighted by Gasteiger charge is 2.29. The Morgan fingerprint density at radius 3 is 2.54 bits per heavy atom. The third kappa shape index (κ3) is 1.30. The summed E-state index contributed by atoms with van der Waals surface area (Å²) < 4.78 is 13.7. The fraction of sp³-hybridized carbons (Fsp3) is 0.455. The van der Waals surface area contributed by atoms with E-state index in [1.165, 1.54) is 0 Å². The highest BCUT2D eigenvalue weighted by Crippen LogP contribution is 2.44. The van der Waals surface area contributed by atoms with Gasteiger partial charge in [-0.2, -0.15) is 0 Å². The second-order valence-electron chi connectivity index (χ2n) is 3.91. The number of hydrogen-bond donors (Lipinski definition) is 1. The number of halogens is 1. The summed E-state index contributed by atoms with van der Waals surface area (Å²) in [7, 11) is 0. The van der Waals surface area contributed by atoms with Crippen LogP contribution in [0.3, 0.4) is 0 Å². The van der Waals surface area contributed by atoms with E-state index < -0.39 is 0 Å². The molecule has 0 amide bonds. The number of anilines is 1. The van der Waals surface area contributed by atoms with Crippen LogP contribution in [0.15, 0.2) is 6.07 Å². The van der Waals surface area contributed by atoms with Crippen molar-refractivity contribution >= 4 is 5.69 Å². The minimum absolute atomic E-state index is 0.0470. The van der Waals surface area contributed by atoms with Gasteiger partial charge in [-0.25, -0.2) is 4.39 Å². The molecule has 1 aliphatic carbocycles. The maximum absolute atomic E-state index is 13.7. The monoisotopic (exact) mass is 179 g/mol. The molecule has 0 aromatic heterocycles. The maximum Gasteiger partial charge on any atom is 0.129 e. The van der Waals surface area contributed by atoms with Gasteiger partial charge in [-0.05, 0) is 55.4 Å². The summed E-state index contributed by atoms with van der Waals surface area (Å²) in [6.07, 6.45) is 2.22. The van der Waals surface area contributed by atoms with Crippen LogP contribution < -0.4 is 5.73 Å². The molecular formula is C11H14FN. The summed E-state index contributed by atoms with van der Waals surface area (Å²) in [5.41, 5.74) is 8.98. The molecule has 2 N–H and O–H groups in total. The lowest BCUT2D eigenvalue weighted by Crippen LogP contribution is -2.00. The lowest BCUT2D eigenvalue weighted by Gasteiger charge is -2.11. The highest BCUT2D eigenvalue weighted by atomic mass is 19.1. The van der Waals surface area contributed by atoms with Gasteiger partial charge in [0.2, 0.25) is 0 Å². The molecule has 70 valence electrons. The topological polar surface area (TPSA) is 26.0 Å². The van der Waals surface area contributed by atoms with Crippen molar-refractivity contribution in [1.82, 2.24) is 0 Å². The van der Waals surface area contributed by atoms with E-state index in [9.17, 15) is 4.39 Å². The van der Waals surface area contributed by atoms with E-state index in [1.807, 2.05) is 6.92 Å². The lowest BCUT2D eigenvalue weighted by molar-refractivity contribution is 0.600. The molecule has 1 nitrogen and oxygen atoms in total. The third-order valence-corrected chi connectivity index (χ3v) is 2.78. The molecule has 2 rings (SSSR count). The van der Waals surface area contributed by atoms with Crippen LogP contribution in [0, 0.1) is 19.7 Å². The zero-order valence-corrected chi connectivity index (χ0v) is 8.02. The van der Waals surface area contributed by atoms with Gasteiger partial charge in [0.15, 0.2) is 0 Å².